The van der Waals surface area contributed by atoms with Gasteiger partial charge in [-0.15, -0.1) is 0 Å². The van der Waals surface area contributed by atoms with Crippen LogP contribution in [0.1, 0.15) is 31.2 Å². The zero-order chi connectivity index (χ0) is 12.1. The van der Waals surface area contributed by atoms with E-state index >= 15 is 0 Å². The molecule has 17 heavy (non-hydrogen) atoms. The molecule has 0 spiro atoms. The number of hydrogen-bond acceptors (Lipinski definition) is 3. The summed E-state index contributed by atoms with van der Waals surface area (Å²) in [4.78, 5) is 0. The van der Waals surface area contributed by atoms with Gasteiger partial charge in [0.2, 0.25) is 0 Å². The predicted molar refractivity (Wildman–Crippen MR) is 71.1 cm³/mol. The molecule has 1 fully saturated rings. The van der Waals surface area contributed by atoms with Crippen LogP contribution in [0.3, 0.4) is 0 Å². The summed E-state index contributed by atoms with van der Waals surface area (Å²) in [6.45, 7) is 1.93. The molecule has 94 valence electrons. The van der Waals surface area contributed by atoms with Crippen LogP contribution >= 0.6 is 0 Å². The fraction of sp³-hybridized carbons (Fsp3) is 0.571. The number of nitrogens with two attached hydrogens (primary N) is 1. The lowest BCUT2D eigenvalue weighted by molar-refractivity contribution is 0.415. The number of methoxy groups -OCH3 is 1. The molecule has 0 radical (unpaired) electrons. The largest absolute Gasteiger partial charge is 0.497 e. The van der Waals surface area contributed by atoms with Crippen LogP contribution in [-0.4, -0.2) is 13.7 Å². The van der Waals surface area contributed by atoms with Crippen molar-refractivity contribution < 1.29 is 4.74 Å². The van der Waals surface area contributed by atoms with Gasteiger partial charge in [0.05, 0.1) is 7.11 Å². The van der Waals surface area contributed by atoms with Crippen LogP contribution in [0, 0.1) is 5.92 Å². The average Bonchev–Trinajstić information content (AvgIpc) is 3.14. The molecule has 1 saturated carbocycles. The molecule has 1 aromatic rings. The summed E-state index contributed by atoms with van der Waals surface area (Å²) >= 11 is 0. The Kier molecular flexibility index (Phi) is 4.26. The molecule has 2 rings (SSSR count). The van der Waals surface area contributed by atoms with E-state index in [0.29, 0.717) is 0 Å². The second-order valence-electron chi connectivity index (χ2n) is 4.83. The quantitative estimate of drug-likeness (QED) is 0.563. The summed E-state index contributed by atoms with van der Waals surface area (Å²) in [5, 5.41) is 3.44. The third kappa shape index (κ3) is 3.93. The van der Waals surface area contributed by atoms with Crippen molar-refractivity contribution in [3.63, 3.8) is 0 Å². The fourth-order valence-corrected chi connectivity index (χ4v) is 2.01. The maximum atomic E-state index is 5.95. The maximum absolute atomic E-state index is 5.95. The van der Waals surface area contributed by atoms with Crippen LogP contribution in [0.4, 0.5) is 5.69 Å². The third-order valence-electron chi connectivity index (χ3n) is 3.33. The van der Waals surface area contributed by atoms with E-state index in [1.807, 2.05) is 18.2 Å². The topological polar surface area (TPSA) is 47.3 Å². The van der Waals surface area contributed by atoms with Gasteiger partial charge in [-0.05, 0) is 36.9 Å². The first kappa shape index (κ1) is 12.2. The summed E-state index contributed by atoms with van der Waals surface area (Å²) in [5.74, 6) is 1.85. The summed E-state index contributed by atoms with van der Waals surface area (Å²) < 4.78 is 5.13. The number of ether oxygens (including phenoxy) is 1. The van der Waals surface area contributed by atoms with Crippen molar-refractivity contribution in [3.05, 3.63) is 23.8 Å². The molecule has 0 atom stereocenters. The first-order valence-corrected chi connectivity index (χ1v) is 6.42. The lowest BCUT2D eigenvalue weighted by Gasteiger charge is -2.09. The van der Waals surface area contributed by atoms with Gasteiger partial charge in [0.1, 0.15) is 5.75 Å². The molecule has 0 unspecified atom stereocenters. The molecule has 3 N–H and O–H groups in total. The summed E-state index contributed by atoms with van der Waals surface area (Å²) in [5.41, 5.74) is 7.90. The highest BCUT2D eigenvalue weighted by Gasteiger charge is 2.19. The third-order valence-corrected chi connectivity index (χ3v) is 3.33. The van der Waals surface area contributed by atoms with Crippen LogP contribution in [0.25, 0.3) is 0 Å². The Hall–Kier alpha value is -1.22. The molecule has 1 aliphatic carbocycles. The van der Waals surface area contributed by atoms with Gasteiger partial charge in [0, 0.05) is 18.3 Å². The summed E-state index contributed by atoms with van der Waals surface area (Å²) in [6.07, 6.45) is 5.56. The van der Waals surface area contributed by atoms with Gasteiger partial charge in [0.15, 0.2) is 0 Å². The van der Waals surface area contributed by atoms with Crippen molar-refractivity contribution in [2.24, 2.45) is 5.92 Å². The standard InChI is InChI=1S/C14H22N2O/c1-17-13-7-6-12(14(15)9-13)10-16-8-2-3-11-4-5-11/h6-7,9,11,16H,2-5,8,10,15H2,1H3. The Balaban J connectivity index is 1.70. The Morgan fingerprint density at radius 1 is 1.41 bits per heavy atom. The van der Waals surface area contributed by atoms with Crippen molar-refractivity contribution in [3.8, 4) is 5.75 Å². The van der Waals surface area contributed by atoms with Crippen LogP contribution in [0.5, 0.6) is 5.75 Å². The normalized spacial score (nSPS) is 14.9. The monoisotopic (exact) mass is 234 g/mol. The maximum Gasteiger partial charge on any atom is 0.120 e. The van der Waals surface area contributed by atoms with Crippen molar-refractivity contribution in [2.45, 2.75) is 32.2 Å². The van der Waals surface area contributed by atoms with Crippen LogP contribution in [0.2, 0.25) is 0 Å². The van der Waals surface area contributed by atoms with Crippen molar-refractivity contribution in [1.82, 2.24) is 5.32 Å². The molecule has 3 nitrogen and oxygen atoms in total. The summed E-state index contributed by atoms with van der Waals surface area (Å²) in [7, 11) is 1.66. The molecule has 1 aromatic carbocycles. The smallest absolute Gasteiger partial charge is 0.120 e. The Bertz CT molecular complexity index is 361. The highest BCUT2D eigenvalue weighted by molar-refractivity contribution is 5.51. The molecule has 1 aliphatic rings. The minimum atomic E-state index is 0.805. The van der Waals surface area contributed by atoms with Gasteiger partial charge < -0.3 is 15.8 Å². The van der Waals surface area contributed by atoms with E-state index in [1.54, 1.807) is 7.11 Å². The minimum Gasteiger partial charge on any atom is -0.497 e. The molecule has 0 bridgehead atoms. The number of anilines is 1. The van der Waals surface area contributed by atoms with Crippen LogP contribution < -0.4 is 15.8 Å². The Morgan fingerprint density at radius 2 is 2.24 bits per heavy atom. The molecule has 3 heteroatoms. The van der Waals surface area contributed by atoms with Gasteiger partial charge in [-0.2, -0.15) is 0 Å². The first-order chi connectivity index (χ1) is 8.29. The van der Waals surface area contributed by atoms with E-state index in [9.17, 15) is 0 Å². The number of rotatable bonds is 7. The molecule has 0 heterocycles. The van der Waals surface area contributed by atoms with E-state index in [-0.39, 0.29) is 0 Å². The average molecular weight is 234 g/mol. The van der Waals surface area contributed by atoms with Crippen molar-refractivity contribution in [2.75, 3.05) is 19.4 Å². The van der Waals surface area contributed by atoms with E-state index in [4.69, 9.17) is 10.5 Å². The molecule has 0 aromatic heterocycles. The van der Waals surface area contributed by atoms with Crippen LogP contribution in [-0.2, 0) is 6.54 Å². The summed E-state index contributed by atoms with van der Waals surface area (Å²) in [6, 6.07) is 5.86. The number of benzene rings is 1. The lowest BCUT2D eigenvalue weighted by atomic mass is 10.1. The SMILES string of the molecule is COc1ccc(CNCCCC2CC2)c(N)c1. The van der Waals surface area contributed by atoms with E-state index in [0.717, 1.165) is 36.0 Å². The van der Waals surface area contributed by atoms with Gasteiger partial charge in [-0.3, -0.25) is 0 Å². The molecular weight excluding hydrogens is 212 g/mol. The zero-order valence-corrected chi connectivity index (χ0v) is 10.5. The van der Waals surface area contributed by atoms with E-state index in [1.165, 1.54) is 25.7 Å². The molecule has 0 aliphatic heterocycles. The van der Waals surface area contributed by atoms with Gasteiger partial charge >= 0.3 is 0 Å². The van der Waals surface area contributed by atoms with E-state index < -0.39 is 0 Å². The van der Waals surface area contributed by atoms with Crippen molar-refractivity contribution in [1.29, 1.82) is 0 Å². The number of hydrogen-bond donors (Lipinski definition) is 2. The first-order valence-electron chi connectivity index (χ1n) is 6.42. The molecule has 0 amide bonds. The lowest BCUT2D eigenvalue weighted by Crippen LogP contribution is -2.15. The fourth-order valence-electron chi connectivity index (χ4n) is 2.01. The molecular formula is C14H22N2O. The van der Waals surface area contributed by atoms with Crippen molar-refractivity contribution >= 4 is 5.69 Å². The van der Waals surface area contributed by atoms with E-state index in [2.05, 4.69) is 5.32 Å². The highest BCUT2D eigenvalue weighted by Crippen LogP contribution is 2.33. The van der Waals surface area contributed by atoms with Crippen LogP contribution in [0.15, 0.2) is 18.2 Å². The Labute approximate surface area is 103 Å². The highest BCUT2D eigenvalue weighted by atomic mass is 16.5. The molecule has 0 saturated heterocycles. The van der Waals surface area contributed by atoms with Gasteiger partial charge in [-0.1, -0.05) is 18.9 Å². The second-order valence-corrected chi connectivity index (χ2v) is 4.83. The minimum absolute atomic E-state index is 0.805. The number of nitrogen functional groups attached to an aromatic ring is 1. The van der Waals surface area contributed by atoms with Gasteiger partial charge in [-0.25, -0.2) is 0 Å². The second kappa shape index (κ2) is 5.92. The Morgan fingerprint density at radius 3 is 2.88 bits per heavy atom. The van der Waals surface area contributed by atoms with Gasteiger partial charge in [0.25, 0.3) is 0 Å². The zero-order valence-electron chi connectivity index (χ0n) is 10.5. The number of nitrogens with one attached hydrogen (secondary N) is 1. The predicted octanol–water partition coefficient (Wildman–Crippen LogP) is 2.56.